The molecule has 3 aromatic rings. The fraction of sp³-hybridized carbons (Fsp3) is 0.273. The minimum atomic E-state index is 0.733. The van der Waals surface area contributed by atoms with Gasteiger partial charge < -0.3 is 19.7 Å². The van der Waals surface area contributed by atoms with E-state index in [2.05, 4.69) is 39.5 Å². The van der Waals surface area contributed by atoms with Gasteiger partial charge in [-0.1, -0.05) is 30.3 Å². The second-order valence-corrected chi connectivity index (χ2v) is 6.73. The zero-order valence-electron chi connectivity index (χ0n) is 16.2. The quantitative estimate of drug-likeness (QED) is 0.708. The van der Waals surface area contributed by atoms with Gasteiger partial charge in [-0.25, -0.2) is 4.98 Å². The number of benzene rings is 2. The molecular weight excluding hydrogens is 352 g/mol. The van der Waals surface area contributed by atoms with Gasteiger partial charge in [0.1, 0.15) is 5.82 Å². The van der Waals surface area contributed by atoms with Gasteiger partial charge in [0.25, 0.3) is 0 Å². The molecule has 2 aromatic carbocycles. The third kappa shape index (κ3) is 3.86. The van der Waals surface area contributed by atoms with Gasteiger partial charge in [0.05, 0.1) is 14.2 Å². The van der Waals surface area contributed by atoms with Crippen molar-refractivity contribution in [3.8, 4) is 11.5 Å². The van der Waals surface area contributed by atoms with Gasteiger partial charge in [-0.05, 0) is 41.3 Å². The molecule has 0 amide bonds. The van der Waals surface area contributed by atoms with Crippen molar-refractivity contribution < 1.29 is 9.47 Å². The van der Waals surface area contributed by atoms with E-state index in [9.17, 15) is 0 Å². The monoisotopic (exact) mass is 376 g/mol. The number of hydrogen-bond acceptors (Lipinski definition) is 6. The first-order chi connectivity index (χ1) is 13.8. The molecule has 1 aliphatic rings. The second-order valence-electron chi connectivity index (χ2n) is 6.73. The molecule has 6 nitrogen and oxygen atoms in total. The lowest BCUT2D eigenvalue weighted by Gasteiger charge is -2.29. The normalized spacial score (nSPS) is 13.0. The molecule has 0 saturated heterocycles. The maximum atomic E-state index is 5.45. The maximum Gasteiger partial charge on any atom is 0.227 e. The minimum Gasteiger partial charge on any atom is -0.493 e. The zero-order valence-corrected chi connectivity index (χ0v) is 16.2. The van der Waals surface area contributed by atoms with Crippen molar-refractivity contribution in [1.82, 2.24) is 9.97 Å². The third-order valence-electron chi connectivity index (χ3n) is 4.96. The van der Waals surface area contributed by atoms with Gasteiger partial charge in [-0.3, -0.25) is 0 Å². The Hall–Kier alpha value is -3.28. The molecule has 0 radical (unpaired) electrons. The largest absolute Gasteiger partial charge is 0.493 e. The van der Waals surface area contributed by atoms with E-state index in [0.717, 1.165) is 49.3 Å². The Morgan fingerprint density at radius 1 is 1.00 bits per heavy atom. The average molecular weight is 376 g/mol. The van der Waals surface area contributed by atoms with E-state index >= 15 is 0 Å². The summed E-state index contributed by atoms with van der Waals surface area (Å²) in [6.45, 7) is 2.35. The summed E-state index contributed by atoms with van der Waals surface area (Å²) in [6, 6.07) is 16.3. The van der Waals surface area contributed by atoms with Crippen molar-refractivity contribution in [2.75, 3.05) is 31.0 Å². The lowest BCUT2D eigenvalue weighted by atomic mass is 9.99. The van der Waals surface area contributed by atoms with Crippen molar-refractivity contribution in [2.24, 2.45) is 0 Å². The molecular formula is C22H24N4O2. The van der Waals surface area contributed by atoms with Crippen LogP contribution in [-0.4, -0.2) is 30.7 Å². The summed E-state index contributed by atoms with van der Waals surface area (Å²) in [7, 11) is 3.33. The van der Waals surface area contributed by atoms with E-state index in [0.29, 0.717) is 0 Å². The van der Waals surface area contributed by atoms with Crippen LogP contribution in [-0.2, 0) is 19.5 Å². The van der Waals surface area contributed by atoms with Crippen molar-refractivity contribution in [2.45, 2.75) is 19.5 Å². The number of methoxy groups -OCH3 is 2. The number of ether oxygens (including phenoxy) is 2. The van der Waals surface area contributed by atoms with Gasteiger partial charge in [-0.15, -0.1) is 0 Å². The molecule has 0 unspecified atom stereocenters. The summed E-state index contributed by atoms with van der Waals surface area (Å²) in [6.07, 6.45) is 2.72. The zero-order chi connectivity index (χ0) is 19.3. The van der Waals surface area contributed by atoms with Crippen LogP contribution in [0.25, 0.3) is 0 Å². The standard InChI is InChI=1S/C22H24N4O2/c1-27-19-12-17-9-11-26(15-18(17)13-20(19)28-2)22-23-10-8-21(25-22)24-14-16-6-4-3-5-7-16/h3-8,10,12-13H,9,11,14-15H2,1-2H3,(H,23,24,25). The number of nitrogens with one attached hydrogen (secondary N) is 1. The molecule has 0 saturated carbocycles. The van der Waals surface area contributed by atoms with E-state index in [-0.39, 0.29) is 0 Å². The Labute approximate surface area is 165 Å². The Morgan fingerprint density at radius 2 is 1.75 bits per heavy atom. The molecule has 144 valence electrons. The molecule has 1 N–H and O–H groups in total. The Kier molecular flexibility index (Phi) is 5.28. The summed E-state index contributed by atoms with van der Waals surface area (Å²) in [5.74, 6) is 3.09. The summed E-state index contributed by atoms with van der Waals surface area (Å²) in [4.78, 5) is 11.4. The number of nitrogens with zero attached hydrogens (tertiary/aromatic N) is 3. The van der Waals surface area contributed by atoms with Gasteiger partial charge in [-0.2, -0.15) is 4.98 Å². The number of hydrogen-bond donors (Lipinski definition) is 1. The van der Waals surface area contributed by atoms with Crippen molar-refractivity contribution >= 4 is 11.8 Å². The van der Waals surface area contributed by atoms with E-state index in [1.807, 2.05) is 24.3 Å². The highest BCUT2D eigenvalue weighted by atomic mass is 16.5. The van der Waals surface area contributed by atoms with Crippen LogP contribution in [0.2, 0.25) is 0 Å². The number of aromatic nitrogens is 2. The summed E-state index contributed by atoms with van der Waals surface area (Å²) in [5, 5.41) is 3.38. The summed E-state index contributed by atoms with van der Waals surface area (Å²) in [5.41, 5.74) is 3.72. The van der Waals surface area contributed by atoms with Gasteiger partial charge >= 0.3 is 0 Å². The van der Waals surface area contributed by atoms with E-state index in [1.54, 1.807) is 20.4 Å². The molecule has 2 heterocycles. The molecule has 1 aromatic heterocycles. The maximum absolute atomic E-state index is 5.45. The van der Waals surface area contributed by atoms with E-state index in [1.165, 1.54) is 16.7 Å². The number of rotatable bonds is 6. The average Bonchev–Trinajstić information content (AvgIpc) is 2.77. The molecule has 4 rings (SSSR count). The highest BCUT2D eigenvalue weighted by molar-refractivity contribution is 5.51. The van der Waals surface area contributed by atoms with Crippen LogP contribution in [0.15, 0.2) is 54.7 Å². The Balaban J connectivity index is 1.49. The first-order valence-corrected chi connectivity index (χ1v) is 9.36. The highest BCUT2D eigenvalue weighted by Crippen LogP contribution is 2.33. The molecule has 1 aliphatic heterocycles. The topological polar surface area (TPSA) is 59.5 Å². The fourth-order valence-corrected chi connectivity index (χ4v) is 3.44. The predicted octanol–water partition coefficient (Wildman–Crippen LogP) is 3.67. The smallest absolute Gasteiger partial charge is 0.227 e. The molecule has 6 heteroatoms. The van der Waals surface area contributed by atoms with Crippen molar-refractivity contribution in [3.05, 3.63) is 71.4 Å². The molecule has 0 spiro atoms. The van der Waals surface area contributed by atoms with Crippen LogP contribution < -0.4 is 19.7 Å². The van der Waals surface area contributed by atoms with Gasteiger partial charge in [0.15, 0.2) is 11.5 Å². The molecule has 0 fully saturated rings. The SMILES string of the molecule is COc1cc2c(cc1OC)CN(c1nccc(NCc3ccccc3)n1)CC2. The fourth-order valence-electron chi connectivity index (χ4n) is 3.44. The van der Waals surface area contributed by atoms with Gasteiger partial charge in [0, 0.05) is 25.8 Å². The summed E-state index contributed by atoms with van der Waals surface area (Å²) >= 11 is 0. The van der Waals surface area contributed by atoms with Gasteiger partial charge in [0.2, 0.25) is 5.95 Å². The number of fused-ring (bicyclic) bond motifs is 1. The summed E-state index contributed by atoms with van der Waals surface area (Å²) < 4.78 is 10.9. The van der Waals surface area contributed by atoms with Crippen LogP contribution in [0.4, 0.5) is 11.8 Å². The van der Waals surface area contributed by atoms with E-state index < -0.39 is 0 Å². The van der Waals surface area contributed by atoms with Crippen molar-refractivity contribution in [3.63, 3.8) is 0 Å². The first-order valence-electron chi connectivity index (χ1n) is 9.36. The Morgan fingerprint density at radius 3 is 2.50 bits per heavy atom. The lowest BCUT2D eigenvalue weighted by Crippen LogP contribution is -2.32. The van der Waals surface area contributed by atoms with E-state index in [4.69, 9.17) is 14.5 Å². The van der Waals surface area contributed by atoms with Crippen LogP contribution in [0.3, 0.4) is 0 Å². The molecule has 0 bridgehead atoms. The van der Waals surface area contributed by atoms with Crippen LogP contribution in [0.1, 0.15) is 16.7 Å². The van der Waals surface area contributed by atoms with Crippen LogP contribution >= 0.6 is 0 Å². The predicted molar refractivity (Wildman–Crippen MR) is 110 cm³/mol. The Bertz CT molecular complexity index is 947. The molecule has 0 aliphatic carbocycles. The minimum absolute atomic E-state index is 0.733. The van der Waals surface area contributed by atoms with Crippen molar-refractivity contribution in [1.29, 1.82) is 0 Å². The molecule has 0 atom stereocenters. The third-order valence-corrected chi connectivity index (χ3v) is 4.96. The lowest BCUT2D eigenvalue weighted by molar-refractivity contribution is 0.353. The second kappa shape index (κ2) is 8.17. The highest BCUT2D eigenvalue weighted by Gasteiger charge is 2.21. The van der Waals surface area contributed by atoms with Crippen LogP contribution in [0, 0.1) is 0 Å². The first kappa shape index (κ1) is 18.1. The number of anilines is 2. The molecule has 28 heavy (non-hydrogen) atoms. The van der Waals surface area contributed by atoms with Crippen LogP contribution in [0.5, 0.6) is 11.5 Å².